The number of likely N-dealkylation sites (N-methyl/N-ethyl adjacent to an activating group) is 1. The second-order valence-corrected chi connectivity index (χ2v) is 3.86. The van der Waals surface area contributed by atoms with Gasteiger partial charge in [0.05, 0.1) is 6.61 Å². The van der Waals surface area contributed by atoms with E-state index in [0.717, 1.165) is 31.7 Å². The minimum Gasteiger partial charge on any atom is -0.380 e. The molecule has 0 spiro atoms. The van der Waals surface area contributed by atoms with Crippen molar-refractivity contribution in [2.75, 3.05) is 20.3 Å². The molecular formula is C13H22N2O. The third kappa shape index (κ3) is 4.29. The normalized spacial score (nSPS) is 12.7. The summed E-state index contributed by atoms with van der Waals surface area (Å²) >= 11 is 0. The Morgan fingerprint density at radius 1 is 1.38 bits per heavy atom. The molecule has 0 radical (unpaired) electrons. The molecular weight excluding hydrogens is 200 g/mol. The van der Waals surface area contributed by atoms with Crippen LogP contribution in [0.5, 0.6) is 0 Å². The van der Waals surface area contributed by atoms with Gasteiger partial charge in [0.15, 0.2) is 0 Å². The predicted molar refractivity (Wildman–Crippen MR) is 66.7 cm³/mol. The van der Waals surface area contributed by atoms with E-state index in [1.165, 1.54) is 5.56 Å². The quantitative estimate of drug-likeness (QED) is 0.764. The summed E-state index contributed by atoms with van der Waals surface area (Å²) in [6.45, 7) is 5.66. The van der Waals surface area contributed by atoms with Gasteiger partial charge in [-0.15, -0.1) is 0 Å². The van der Waals surface area contributed by atoms with Crippen LogP contribution in [0.15, 0.2) is 18.3 Å². The van der Waals surface area contributed by atoms with Gasteiger partial charge >= 0.3 is 0 Å². The maximum Gasteiger partial charge on any atom is 0.0623 e. The van der Waals surface area contributed by atoms with E-state index in [4.69, 9.17) is 4.74 Å². The molecule has 3 nitrogen and oxygen atoms in total. The van der Waals surface area contributed by atoms with Gasteiger partial charge in [-0.1, -0.05) is 13.0 Å². The molecule has 1 aromatic heterocycles. The lowest BCUT2D eigenvalue weighted by atomic mass is 10.1. The zero-order chi connectivity index (χ0) is 11.8. The van der Waals surface area contributed by atoms with Crippen molar-refractivity contribution >= 4 is 0 Å². The van der Waals surface area contributed by atoms with Gasteiger partial charge < -0.3 is 10.1 Å². The number of aryl methyl sites for hydroxylation is 1. The zero-order valence-electron chi connectivity index (χ0n) is 10.5. The number of nitrogens with zero attached hydrogens (tertiary/aromatic N) is 1. The van der Waals surface area contributed by atoms with Crippen LogP contribution >= 0.6 is 0 Å². The van der Waals surface area contributed by atoms with E-state index in [1.807, 2.05) is 20.2 Å². The first-order valence-electron chi connectivity index (χ1n) is 5.99. The summed E-state index contributed by atoms with van der Waals surface area (Å²) in [5.74, 6) is 0. The van der Waals surface area contributed by atoms with Gasteiger partial charge in [-0.2, -0.15) is 0 Å². The number of ether oxygens (including phenoxy) is 1. The largest absolute Gasteiger partial charge is 0.380 e. The smallest absolute Gasteiger partial charge is 0.0623 e. The van der Waals surface area contributed by atoms with E-state index in [0.29, 0.717) is 6.04 Å². The summed E-state index contributed by atoms with van der Waals surface area (Å²) in [4.78, 5) is 4.45. The fraction of sp³-hybridized carbons (Fsp3) is 0.615. The van der Waals surface area contributed by atoms with Crippen molar-refractivity contribution in [3.05, 3.63) is 29.6 Å². The average molecular weight is 222 g/mol. The highest BCUT2D eigenvalue weighted by molar-refractivity contribution is 5.14. The van der Waals surface area contributed by atoms with Gasteiger partial charge in [0.1, 0.15) is 0 Å². The molecule has 0 bridgehead atoms. The summed E-state index contributed by atoms with van der Waals surface area (Å²) < 4.78 is 5.41. The Hall–Kier alpha value is -0.930. The molecule has 90 valence electrons. The lowest BCUT2D eigenvalue weighted by molar-refractivity contribution is 0.125. The Labute approximate surface area is 98.2 Å². The summed E-state index contributed by atoms with van der Waals surface area (Å²) in [5, 5.41) is 3.25. The number of pyridine rings is 1. The number of hydrogen-bond donors (Lipinski definition) is 1. The number of rotatable bonds is 7. The van der Waals surface area contributed by atoms with E-state index in [2.05, 4.69) is 29.4 Å². The Morgan fingerprint density at radius 2 is 2.19 bits per heavy atom. The van der Waals surface area contributed by atoms with E-state index < -0.39 is 0 Å². The number of aromatic nitrogens is 1. The predicted octanol–water partition coefficient (Wildman–Crippen LogP) is 1.81. The van der Waals surface area contributed by atoms with Crippen LogP contribution in [0, 0.1) is 0 Å². The molecule has 16 heavy (non-hydrogen) atoms. The zero-order valence-corrected chi connectivity index (χ0v) is 10.5. The molecule has 0 saturated carbocycles. The summed E-state index contributed by atoms with van der Waals surface area (Å²) in [7, 11) is 1.96. The van der Waals surface area contributed by atoms with Crippen LogP contribution in [0.2, 0.25) is 0 Å². The summed E-state index contributed by atoms with van der Waals surface area (Å²) in [6.07, 6.45) is 3.92. The van der Waals surface area contributed by atoms with Gasteiger partial charge in [-0.05, 0) is 32.0 Å². The molecule has 0 aliphatic heterocycles. The van der Waals surface area contributed by atoms with Crippen molar-refractivity contribution in [2.45, 2.75) is 32.7 Å². The van der Waals surface area contributed by atoms with E-state index in [9.17, 15) is 0 Å². The van der Waals surface area contributed by atoms with Crippen molar-refractivity contribution in [1.82, 2.24) is 10.3 Å². The fourth-order valence-electron chi connectivity index (χ4n) is 1.54. The van der Waals surface area contributed by atoms with Gasteiger partial charge in [0, 0.05) is 31.0 Å². The first-order chi connectivity index (χ1) is 7.80. The molecule has 0 amide bonds. The molecule has 0 aromatic carbocycles. The van der Waals surface area contributed by atoms with Crippen LogP contribution in [0.1, 0.15) is 25.1 Å². The van der Waals surface area contributed by atoms with Crippen LogP contribution < -0.4 is 5.32 Å². The Bertz CT molecular complexity index is 284. The second kappa shape index (κ2) is 7.36. The molecule has 1 aromatic rings. The molecule has 0 aliphatic rings. The van der Waals surface area contributed by atoms with Crippen molar-refractivity contribution in [1.29, 1.82) is 0 Å². The third-order valence-electron chi connectivity index (χ3n) is 2.68. The molecule has 0 fully saturated rings. The highest BCUT2D eigenvalue weighted by Crippen LogP contribution is 2.04. The molecule has 0 saturated heterocycles. The molecule has 1 N–H and O–H groups in total. The van der Waals surface area contributed by atoms with Crippen LogP contribution in [0.4, 0.5) is 0 Å². The molecule has 1 rings (SSSR count). The fourth-order valence-corrected chi connectivity index (χ4v) is 1.54. The van der Waals surface area contributed by atoms with Crippen molar-refractivity contribution in [2.24, 2.45) is 0 Å². The van der Waals surface area contributed by atoms with E-state index in [-0.39, 0.29) is 0 Å². The van der Waals surface area contributed by atoms with Crippen LogP contribution in [-0.2, 0) is 17.6 Å². The Morgan fingerprint density at radius 3 is 2.69 bits per heavy atom. The standard InChI is InChI=1S/C13H22N2O/c1-4-11-6-7-12(15-9-11)8-13(14-3)10-16-5-2/h6-7,9,13-14H,4-5,8,10H2,1-3H3. The van der Waals surface area contributed by atoms with Gasteiger partial charge in [0.25, 0.3) is 0 Å². The van der Waals surface area contributed by atoms with Crippen molar-refractivity contribution in [3.63, 3.8) is 0 Å². The molecule has 1 atom stereocenters. The minimum atomic E-state index is 0.347. The molecule has 1 heterocycles. The topological polar surface area (TPSA) is 34.1 Å². The van der Waals surface area contributed by atoms with Crippen molar-refractivity contribution < 1.29 is 4.74 Å². The monoisotopic (exact) mass is 222 g/mol. The van der Waals surface area contributed by atoms with Gasteiger partial charge in [-0.3, -0.25) is 4.98 Å². The lowest BCUT2D eigenvalue weighted by Crippen LogP contribution is -2.32. The van der Waals surface area contributed by atoms with Crippen LogP contribution in [-0.4, -0.2) is 31.3 Å². The Kier molecular flexibility index (Phi) is 6.04. The number of nitrogens with one attached hydrogen (secondary N) is 1. The van der Waals surface area contributed by atoms with Gasteiger partial charge in [0.2, 0.25) is 0 Å². The maximum atomic E-state index is 5.41. The number of hydrogen-bond acceptors (Lipinski definition) is 3. The lowest BCUT2D eigenvalue weighted by Gasteiger charge is -2.15. The van der Waals surface area contributed by atoms with E-state index >= 15 is 0 Å². The highest BCUT2D eigenvalue weighted by Gasteiger charge is 2.07. The summed E-state index contributed by atoms with van der Waals surface area (Å²) in [5.41, 5.74) is 2.41. The minimum absolute atomic E-state index is 0.347. The van der Waals surface area contributed by atoms with E-state index in [1.54, 1.807) is 0 Å². The Balaban J connectivity index is 2.49. The average Bonchev–Trinajstić information content (AvgIpc) is 2.35. The molecule has 0 aliphatic carbocycles. The van der Waals surface area contributed by atoms with Crippen LogP contribution in [0.3, 0.4) is 0 Å². The molecule has 3 heteroatoms. The first kappa shape index (κ1) is 13.1. The second-order valence-electron chi connectivity index (χ2n) is 3.86. The van der Waals surface area contributed by atoms with Crippen molar-refractivity contribution in [3.8, 4) is 0 Å². The van der Waals surface area contributed by atoms with Gasteiger partial charge in [-0.25, -0.2) is 0 Å². The SMILES string of the molecule is CCOCC(Cc1ccc(CC)cn1)NC. The van der Waals surface area contributed by atoms with Crippen LogP contribution in [0.25, 0.3) is 0 Å². The maximum absolute atomic E-state index is 5.41. The highest BCUT2D eigenvalue weighted by atomic mass is 16.5. The summed E-state index contributed by atoms with van der Waals surface area (Å²) in [6, 6.07) is 4.60. The molecule has 1 unspecified atom stereocenters. The first-order valence-corrected chi connectivity index (χ1v) is 5.99. The third-order valence-corrected chi connectivity index (χ3v) is 2.68.